The largest absolute Gasteiger partial charge is 0.493 e. The molecule has 0 spiro atoms. The normalized spacial score (nSPS) is 10.2. The second-order valence-electron chi connectivity index (χ2n) is 5.53. The molecular weight excluding hydrogens is 338 g/mol. The van der Waals surface area contributed by atoms with Crippen molar-refractivity contribution in [1.82, 2.24) is 5.32 Å². The zero-order valence-electron chi connectivity index (χ0n) is 14.9. The van der Waals surface area contributed by atoms with Gasteiger partial charge in [0.2, 0.25) is 0 Å². The Kier molecular flexibility index (Phi) is 7.54. The monoisotopic (exact) mass is 361 g/mol. The summed E-state index contributed by atoms with van der Waals surface area (Å²) in [5, 5.41) is 2.72. The smallest absolute Gasteiger partial charge is 0.306 e. The van der Waals surface area contributed by atoms with E-state index in [1.54, 1.807) is 32.6 Å². The fourth-order valence-corrected chi connectivity index (χ4v) is 2.33. The van der Waals surface area contributed by atoms with Gasteiger partial charge < -0.3 is 23.9 Å². The highest BCUT2D eigenvalue weighted by molar-refractivity contribution is 5.80. The van der Waals surface area contributed by atoms with Crippen molar-refractivity contribution in [3.05, 3.63) is 47.9 Å². The van der Waals surface area contributed by atoms with Gasteiger partial charge in [-0.1, -0.05) is 6.07 Å². The maximum Gasteiger partial charge on any atom is 0.306 e. The first-order valence-corrected chi connectivity index (χ1v) is 8.28. The van der Waals surface area contributed by atoms with E-state index >= 15 is 0 Å². The summed E-state index contributed by atoms with van der Waals surface area (Å²) in [5.74, 6) is 1.23. The van der Waals surface area contributed by atoms with Crippen molar-refractivity contribution in [3.8, 4) is 11.5 Å². The van der Waals surface area contributed by atoms with E-state index in [0.717, 1.165) is 5.56 Å². The van der Waals surface area contributed by atoms with Crippen LogP contribution in [0.25, 0.3) is 0 Å². The minimum Gasteiger partial charge on any atom is -0.493 e. The van der Waals surface area contributed by atoms with Crippen molar-refractivity contribution in [1.29, 1.82) is 0 Å². The average Bonchev–Trinajstić information content (AvgIpc) is 3.18. The quantitative estimate of drug-likeness (QED) is 0.653. The molecule has 0 saturated heterocycles. The van der Waals surface area contributed by atoms with Crippen LogP contribution in [0.15, 0.2) is 41.0 Å². The molecule has 1 aromatic carbocycles. The van der Waals surface area contributed by atoms with Gasteiger partial charge in [0.15, 0.2) is 18.1 Å². The van der Waals surface area contributed by atoms with Crippen LogP contribution in [0.4, 0.5) is 0 Å². The zero-order chi connectivity index (χ0) is 18.8. The molecule has 1 aromatic heterocycles. The number of carbonyl (C=O) groups is 2. The summed E-state index contributed by atoms with van der Waals surface area (Å²) in [6.07, 6.45) is 2.80. The van der Waals surface area contributed by atoms with E-state index in [1.165, 1.54) is 0 Å². The van der Waals surface area contributed by atoms with Crippen molar-refractivity contribution in [2.45, 2.75) is 19.3 Å². The van der Waals surface area contributed by atoms with Crippen molar-refractivity contribution in [3.63, 3.8) is 0 Å². The van der Waals surface area contributed by atoms with Crippen molar-refractivity contribution in [2.24, 2.45) is 0 Å². The second kappa shape index (κ2) is 10.1. The van der Waals surface area contributed by atoms with Gasteiger partial charge in [-0.05, 0) is 36.2 Å². The van der Waals surface area contributed by atoms with Crippen LogP contribution in [-0.2, 0) is 27.2 Å². The Labute approximate surface area is 152 Å². The maximum absolute atomic E-state index is 11.7. The third-order valence-corrected chi connectivity index (χ3v) is 3.70. The molecule has 0 aliphatic heterocycles. The van der Waals surface area contributed by atoms with Crippen LogP contribution in [0.2, 0.25) is 0 Å². The van der Waals surface area contributed by atoms with Gasteiger partial charge in [0.1, 0.15) is 5.76 Å². The number of amides is 1. The van der Waals surface area contributed by atoms with E-state index in [-0.39, 0.29) is 18.9 Å². The lowest BCUT2D eigenvalue weighted by molar-refractivity contribution is -0.148. The lowest BCUT2D eigenvalue weighted by atomic mass is 10.1. The molecule has 1 N–H and O–H groups in total. The van der Waals surface area contributed by atoms with Gasteiger partial charge in [-0.25, -0.2) is 0 Å². The summed E-state index contributed by atoms with van der Waals surface area (Å²) < 4.78 is 20.5. The van der Waals surface area contributed by atoms with Crippen LogP contribution in [0.3, 0.4) is 0 Å². The number of rotatable bonds is 10. The Bertz CT molecular complexity index is 711. The van der Waals surface area contributed by atoms with Crippen LogP contribution in [0, 0.1) is 0 Å². The molecule has 0 aliphatic rings. The summed E-state index contributed by atoms with van der Waals surface area (Å²) in [5.41, 5.74) is 0.999. The topological polar surface area (TPSA) is 87.0 Å². The number of carbonyl (C=O) groups excluding carboxylic acids is 2. The number of aryl methyl sites for hydroxylation is 1. The molecule has 140 valence electrons. The molecule has 2 rings (SSSR count). The van der Waals surface area contributed by atoms with Gasteiger partial charge in [0, 0.05) is 13.0 Å². The van der Waals surface area contributed by atoms with Crippen molar-refractivity contribution >= 4 is 11.9 Å². The first-order valence-electron chi connectivity index (χ1n) is 8.28. The van der Waals surface area contributed by atoms with Crippen LogP contribution >= 0.6 is 0 Å². The fraction of sp³-hybridized carbons (Fsp3) is 0.368. The van der Waals surface area contributed by atoms with Gasteiger partial charge >= 0.3 is 5.97 Å². The standard InChI is InChI=1S/C19H23NO6/c1-23-16-7-5-14(12-17(16)24-2)9-10-20-18(21)13-26-19(22)8-6-15-4-3-11-25-15/h3-5,7,11-12H,6,8-10,13H2,1-2H3,(H,20,21). The predicted molar refractivity (Wildman–Crippen MR) is 94.2 cm³/mol. The second-order valence-corrected chi connectivity index (χ2v) is 5.53. The van der Waals surface area contributed by atoms with Crippen LogP contribution in [0.5, 0.6) is 11.5 Å². The first-order chi connectivity index (χ1) is 12.6. The molecule has 7 nitrogen and oxygen atoms in total. The third kappa shape index (κ3) is 6.16. The molecule has 0 aliphatic carbocycles. The summed E-state index contributed by atoms with van der Waals surface area (Å²) in [7, 11) is 3.15. The number of methoxy groups -OCH3 is 2. The van der Waals surface area contributed by atoms with E-state index in [9.17, 15) is 9.59 Å². The summed E-state index contributed by atoms with van der Waals surface area (Å²) >= 11 is 0. The predicted octanol–water partition coefficient (Wildman–Crippen LogP) is 2.13. The van der Waals surface area contributed by atoms with Crippen LogP contribution < -0.4 is 14.8 Å². The Balaban J connectivity index is 1.64. The molecule has 0 fully saturated rings. The molecule has 0 unspecified atom stereocenters. The highest BCUT2D eigenvalue weighted by Crippen LogP contribution is 2.27. The average molecular weight is 361 g/mol. The number of hydrogen-bond acceptors (Lipinski definition) is 6. The Morgan fingerprint density at radius 3 is 2.58 bits per heavy atom. The molecule has 0 bridgehead atoms. The van der Waals surface area contributed by atoms with Crippen molar-refractivity contribution < 1.29 is 28.2 Å². The van der Waals surface area contributed by atoms with Gasteiger partial charge in [-0.2, -0.15) is 0 Å². The lowest BCUT2D eigenvalue weighted by Crippen LogP contribution is -2.30. The minimum absolute atomic E-state index is 0.173. The third-order valence-electron chi connectivity index (χ3n) is 3.70. The lowest BCUT2D eigenvalue weighted by Gasteiger charge is -2.10. The number of hydrogen-bond donors (Lipinski definition) is 1. The van der Waals surface area contributed by atoms with Crippen molar-refractivity contribution in [2.75, 3.05) is 27.4 Å². The zero-order valence-corrected chi connectivity index (χ0v) is 14.9. The molecular formula is C19H23NO6. The maximum atomic E-state index is 11.7. The van der Waals surface area contributed by atoms with Gasteiger partial charge in [-0.15, -0.1) is 0 Å². The number of esters is 1. The summed E-state index contributed by atoms with van der Waals surface area (Å²) in [4.78, 5) is 23.3. The Hall–Kier alpha value is -2.96. The summed E-state index contributed by atoms with van der Waals surface area (Å²) in [6.45, 7) is 0.140. The van der Waals surface area contributed by atoms with E-state index in [1.807, 2.05) is 18.2 Å². The SMILES string of the molecule is COc1ccc(CCNC(=O)COC(=O)CCc2ccco2)cc1OC. The minimum atomic E-state index is -0.434. The molecule has 26 heavy (non-hydrogen) atoms. The van der Waals surface area contributed by atoms with E-state index < -0.39 is 5.97 Å². The van der Waals surface area contributed by atoms with Crippen LogP contribution in [-0.4, -0.2) is 39.2 Å². The fourth-order valence-electron chi connectivity index (χ4n) is 2.33. The highest BCUT2D eigenvalue weighted by atomic mass is 16.5. The first kappa shape index (κ1) is 19.4. The number of benzene rings is 1. The molecule has 0 radical (unpaired) electrons. The number of nitrogens with one attached hydrogen (secondary N) is 1. The number of furan rings is 1. The highest BCUT2D eigenvalue weighted by Gasteiger charge is 2.09. The van der Waals surface area contributed by atoms with Gasteiger partial charge in [0.25, 0.3) is 5.91 Å². The Morgan fingerprint density at radius 2 is 1.88 bits per heavy atom. The Morgan fingerprint density at radius 1 is 1.08 bits per heavy atom. The van der Waals surface area contributed by atoms with E-state index in [2.05, 4.69) is 5.32 Å². The van der Waals surface area contributed by atoms with Gasteiger partial charge in [0.05, 0.1) is 26.9 Å². The van der Waals surface area contributed by atoms with E-state index in [4.69, 9.17) is 18.6 Å². The van der Waals surface area contributed by atoms with Gasteiger partial charge in [-0.3, -0.25) is 9.59 Å². The molecule has 1 heterocycles. The molecule has 0 atom stereocenters. The number of ether oxygens (including phenoxy) is 3. The molecule has 2 aromatic rings. The molecule has 7 heteroatoms. The molecule has 1 amide bonds. The molecule has 0 saturated carbocycles. The van der Waals surface area contributed by atoms with Crippen LogP contribution in [0.1, 0.15) is 17.7 Å². The summed E-state index contributed by atoms with van der Waals surface area (Å²) in [6, 6.07) is 9.12. The van der Waals surface area contributed by atoms with E-state index in [0.29, 0.717) is 36.6 Å².